The van der Waals surface area contributed by atoms with Gasteiger partial charge in [0.1, 0.15) is 12.6 Å². The molecule has 23 heavy (non-hydrogen) atoms. The summed E-state index contributed by atoms with van der Waals surface area (Å²) in [5, 5.41) is 0. The first-order chi connectivity index (χ1) is 11.0. The van der Waals surface area contributed by atoms with Crippen LogP contribution in [0, 0.1) is 0 Å². The van der Waals surface area contributed by atoms with Crippen LogP contribution in [-0.4, -0.2) is 52.9 Å². The number of rotatable bonds is 3. The van der Waals surface area contributed by atoms with Crippen molar-refractivity contribution < 1.29 is 14.0 Å². The van der Waals surface area contributed by atoms with Gasteiger partial charge in [0.05, 0.1) is 5.52 Å². The van der Waals surface area contributed by atoms with Crippen molar-refractivity contribution in [3.63, 3.8) is 0 Å². The quantitative estimate of drug-likeness (QED) is 0.834. The summed E-state index contributed by atoms with van der Waals surface area (Å²) in [7, 11) is 3.36. The standard InChI is InChI=1S/C16H19N3O4/c1-17(2)15(21)12-7-5-9-18(12)14(20)10-19-11-6-3-4-8-13(11)23-16(19)22/h3-4,6,8,12H,5,7,9-10H2,1-2H3. The molecule has 0 radical (unpaired) electrons. The fourth-order valence-electron chi connectivity index (χ4n) is 3.01. The second-order valence-electron chi connectivity index (χ2n) is 5.90. The molecule has 1 aliphatic heterocycles. The average molecular weight is 317 g/mol. The number of nitrogens with zero attached hydrogens (tertiary/aromatic N) is 3. The van der Waals surface area contributed by atoms with Gasteiger partial charge in [-0.15, -0.1) is 0 Å². The van der Waals surface area contributed by atoms with Gasteiger partial charge in [0, 0.05) is 20.6 Å². The van der Waals surface area contributed by atoms with Gasteiger partial charge in [0.2, 0.25) is 11.8 Å². The number of likely N-dealkylation sites (N-methyl/N-ethyl adjacent to an activating group) is 1. The lowest BCUT2D eigenvalue weighted by atomic mass is 10.2. The summed E-state index contributed by atoms with van der Waals surface area (Å²) >= 11 is 0. The van der Waals surface area contributed by atoms with Crippen molar-refractivity contribution in [2.75, 3.05) is 20.6 Å². The van der Waals surface area contributed by atoms with E-state index in [1.807, 2.05) is 0 Å². The van der Waals surface area contributed by atoms with Crippen molar-refractivity contribution in [1.29, 1.82) is 0 Å². The van der Waals surface area contributed by atoms with E-state index in [1.54, 1.807) is 43.3 Å². The maximum Gasteiger partial charge on any atom is 0.420 e. The van der Waals surface area contributed by atoms with Crippen LogP contribution < -0.4 is 5.76 Å². The number of carbonyl (C=O) groups excluding carboxylic acids is 2. The summed E-state index contributed by atoms with van der Waals surface area (Å²) in [4.78, 5) is 39.8. The van der Waals surface area contributed by atoms with E-state index in [0.717, 1.165) is 6.42 Å². The van der Waals surface area contributed by atoms with Gasteiger partial charge in [-0.2, -0.15) is 0 Å². The Morgan fingerprint density at radius 1 is 1.30 bits per heavy atom. The van der Waals surface area contributed by atoms with Crippen molar-refractivity contribution in [3.8, 4) is 0 Å². The summed E-state index contributed by atoms with van der Waals surface area (Å²) in [6.07, 6.45) is 1.45. The molecule has 0 bridgehead atoms. The molecule has 1 aliphatic rings. The van der Waals surface area contributed by atoms with Crippen LogP contribution in [0.4, 0.5) is 0 Å². The summed E-state index contributed by atoms with van der Waals surface area (Å²) in [5.74, 6) is -0.883. The molecule has 2 amide bonds. The molecule has 3 rings (SSSR count). The Balaban J connectivity index is 1.85. The molecule has 122 valence electrons. The van der Waals surface area contributed by atoms with E-state index in [-0.39, 0.29) is 18.4 Å². The first-order valence-corrected chi connectivity index (χ1v) is 7.58. The van der Waals surface area contributed by atoms with Crippen molar-refractivity contribution in [1.82, 2.24) is 14.4 Å². The highest BCUT2D eigenvalue weighted by atomic mass is 16.4. The molecule has 1 fully saturated rings. The smallest absolute Gasteiger partial charge is 0.408 e. The van der Waals surface area contributed by atoms with Gasteiger partial charge < -0.3 is 14.2 Å². The third-order valence-electron chi connectivity index (χ3n) is 4.17. The molecule has 1 aromatic carbocycles. The average Bonchev–Trinajstić information content (AvgIpc) is 3.12. The second kappa shape index (κ2) is 5.91. The highest BCUT2D eigenvalue weighted by Crippen LogP contribution is 2.20. The van der Waals surface area contributed by atoms with Gasteiger partial charge in [0.25, 0.3) is 0 Å². The number of fused-ring (bicyclic) bond motifs is 1. The van der Waals surface area contributed by atoms with Gasteiger partial charge in [-0.05, 0) is 25.0 Å². The largest absolute Gasteiger partial charge is 0.420 e. The summed E-state index contributed by atoms with van der Waals surface area (Å²) in [6, 6.07) is 6.54. The fourth-order valence-corrected chi connectivity index (χ4v) is 3.01. The zero-order valence-corrected chi connectivity index (χ0v) is 13.2. The molecule has 7 heteroatoms. The van der Waals surface area contributed by atoms with Crippen LogP contribution in [0.3, 0.4) is 0 Å². The minimum atomic E-state index is -0.561. The molecule has 1 aromatic heterocycles. The molecular weight excluding hydrogens is 298 g/mol. The van der Waals surface area contributed by atoms with Crippen LogP contribution in [0.15, 0.2) is 33.5 Å². The van der Waals surface area contributed by atoms with Gasteiger partial charge >= 0.3 is 5.76 Å². The molecular formula is C16H19N3O4. The van der Waals surface area contributed by atoms with Crippen LogP contribution in [-0.2, 0) is 16.1 Å². The highest BCUT2D eigenvalue weighted by molar-refractivity contribution is 5.88. The third kappa shape index (κ3) is 2.74. The maximum absolute atomic E-state index is 12.6. The predicted octanol–water partition coefficient (Wildman–Crippen LogP) is 0.674. The van der Waals surface area contributed by atoms with Crippen molar-refractivity contribution in [2.24, 2.45) is 0 Å². The summed E-state index contributed by atoms with van der Waals surface area (Å²) < 4.78 is 6.45. The van der Waals surface area contributed by atoms with E-state index in [2.05, 4.69) is 0 Å². The number of benzene rings is 1. The van der Waals surface area contributed by atoms with E-state index in [1.165, 1.54) is 9.47 Å². The monoisotopic (exact) mass is 317 g/mol. The van der Waals surface area contributed by atoms with Crippen LogP contribution in [0.1, 0.15) is 12.8 Å². The molecule has 1 unspecified atom stereocenters. The number of likely N-dealkylation sites (tertiary alicyclic amines) is 1. The van der Waals surface area contributed by atoms with Crippen molar-refractivity contribution in [3.05, 3.63) is 34.8 Å². The summed E-state index contributed by atoms with van der Waals surface area (Å²) in [5.41, 5.74) is 1.04. The van der Waals surface area contributed by atoms with E-state index >= 15 is 0 Å². The molecule has 2 aromatic rings. The van der Waals surface area contributed by atoms with Crippen LogP contribution >= 0.6 is 0 Å². The number of oxazole rings is 1. The zero-order valence-electron chi connectivity index (χ0n) is 13.2. The normalized spacial score (nSPS) is 17.7. The number of amides is 2. The van der Waals surface area contributed by atoms with Gasteiger partial charge in [-0.25, -0.2) is 4.79 Å². The second-order valence-corrected chi connectivity index (χ2v) is 5.90. The molecule has 1 saturated heterocycles. The van der Waals surface area contributed by atoms with Crippen molar-refractivity contribution in [2.45, 2.75) is 25.4 Å². The van der Waals surface area contributed by atoms with E-state index < -0.39 is 11.8 Å². The fraction of sp³-hybridized carbons (Fsp3) is 0.438. The molecule has 0 aliphatic carbocycles. The van der Waals surface area contributed by atoms with Crippen LogP contribution in [0.2, 0.25) is 0 Å². The SMILES string of the molecule is CN(C)C(=O)C1CCCN1C(=O)Cn1c(=O)oc2ccccc21. The predicted molar refractivity (Wildman–Crippen MR) is 83.9 cm³/mol. The molecule has 1 atom stereocenters. The number of hydrogen-bond donors (Lipinski definition) is 0. The van der Waals surface area contributed by atoms with Gasteiger partial charge in [-0.1, -0.05) is 12.1 Å². The maximum atomic E-state index is 12.6. The van der Waals surface area contributed by atoms with E-state index in [9.17, 15) is 14.4 Å². The number of hydrogen-bond acceptors (Lipinski definition) is 4. The topological polar surface area (TPSA) is 75.8 Å². The highest BCUT2D eigenvalue weighted by Gasteiger charge is 2.35. The first-order valence-electron chi connectivity index (χ1n) is 7.58. The number of para-hydroxylation sites is 2. The third-order valence-corrected chi connectivity index (χ3v) is 4.17. The van der Waals surface area contributed by atoms with Crippen LogP contribution in [0.5, 0.6) is 0 Å². The Kier molecular flexibility index (Phi) is 3.94. The Morgan fingerprint density at radius 3 is 2.78 bits per heavy atom. The molecule has 0 spiro atoms. The molecule has 2 heterocycles. The lowest BCUT2D eigenvalue weighted by Crippen LogP contribution is -2.46. The Bertz CT molecular complexity index is 805. The first kappa shape index (κ1) is 15.3. The number of carbonyl (C=O) groups is 2. The lowest BCUT2D eigenvalue weighted by molar-refractivity contribution is -0.142. The Hall–Kier alpha value is -2.57. The Labute approximate surface area is 133 Å². The summed E-state index contributed by atoms with van der Waals surface area (Å²) in [6.45, 7) is 0.417. The van der Waals surface area contributed by atoms with Crippen molar-refractivity contribution >= 4 is 22.9 Å². The minimum Gasteiger partial charge on any atom is -0.408 e. The zero-order chi connectivity index (χ0) is 16.6. The van der Waals surface area contributed by atoms with E-state index in [4.69, 9.17) is 4.42 Å². The van der Waals surface area contributed by atoms with Gasteiger partial charge in [-0.3, -0.25) is 14.2 Å². The minimum absolute atomic E-state index is 0.0831. The molecule has 0 saturated carbocycles. The molecule has 0 N–H and O–H groups in total. The lowest BCUT2D eigenvalue weighted by Gasteiger charge is -2.26. The number of aromatic nitrogens is 1. The Morgan fingerprint density at radius 2 is 2.04 bits per heavy atom. The molecule has 7 nitrogen and oxygen atoms in total. The van der Waals surface area contributed by atoms with Crippen LogP contribution in [0.25, 0.3) is 11.1 Å². The van der Waals surface area contributed by atoms with Gasteiger partial charge in [0.15, 0.2) is 5.58 Å². The van der Waals surface area contributed by atoms with E-state index in [0.29, 0.717) is 24.1 Å².